The first-order valence-corrected chi connectivity index (χ1v) is 10.6. The third-order valence-electron chi connectivity index (χ3n) is 4.55. The standard InChI is InChI=1S/C21H24N2O3S/c24-21(15-10-18-8-4-3-5-9-18)22-19-11-13-20(14-12-19)27(25,26)23-16-6-1-2-7-17-23/h3-5,8-15H,1-2,6-7,16-17H2,(H,22,24). The van der Waals surface area contributed by atoms with Gasteiger partial charge in [0, 0.05) is 24.9 Å². The van der Waals surface area contributed by atoms with Crippen LogP contribution in [-0.4, -0.2) is 31.7 Å². The smallest absolute Gasteiger partial charge is 0.248 e. The lowest BCUT2D eigenvalue weighted by Crippen LogP contribution is -2.31. The van der Waals surface area contributed by atoms with E-state index in [-0.39, 0.29) is 10.8 Å². The summed E-state index contributed by atoms with van der Waals surface area (Å²) in [5.41, 5.74) is 1.50. The number of nitrogens with one attached hydrogen (secondary N) is 1. The molecule has 0 aromatic heterocycles. The average Bonchev–Trinajstić information content (AvgIpc) is 2.98. The normalized spacial score (nSPS) is 16.1. The molecule has 1 N–H and O–H groups in total. The van der Waals surface area contributed by atoms with E-state index in [4.69, 9.17) is 0 Å². The van der Waals surface area contributed by atoms with Crippen molar-refractivity contribution >= 4 is 27.7 Å². The molecule has 0 saturated carbocycles. The summed E-state index contributed by atoms with van der Waals surface area (Å²) in [6.45, 7) is 1.15. The van der Waals surface area contributed by atoms with Crippen LogP contribution in [0.15, 0.2) is 65.6 Å². The molecule has 0 unspecified atom stereocenters. The van der Waals surface area contributed by atoms with E-state index in [1.165, 1.54) is 6.08 Å². The highest BCUT2D eigenvalue weighted by Crippen LogP contribution is 2.21. The highest BCUT2D eigenvalue weighted by molar-refractivity contribution is 7.89. The summed E-state index contributed by atoms with van der Waals surface area (Å²) >= 11 is 0. The summed E-state index contributed by atoms with van der Waals surface area (Å²) in [5, 5.41) is 2.75. The third kappa shape index (κ3) is 5.28. The zero-order chi connectivity index (χ0) is 19.1. The van der Waals surface area contributed by atoms with Gasteiger partial charge in [0.15, 0.2) is 0 Å². The van der Waals surface area contributed by atoms with Crippen molar-refractivity contribution in [2.24, 2.45) is 0 Å². The molecule has 0 radical (unpaired) electrons. The van der Waals surface area contributed by atoms with Crippen molar-refractivity contribution in [3.05, 3.63) is 66.2 Å². The Morgan fingerprint density at radius 3 is 2.15 bits per heavy atom. The first-order valence-electron chi connectivity index (χ1n) is 9.20. The lowest BCUT2D eigenvalue weighted by molar-refractivity contribution is -0.111. The van der Waals surface area contributed by atoms with Gasteiger partial charge in [0.2, 0.25) is 15.9 Å². The monoisotopic (exact) mass is 384 g/mol. The SMILES string of the molecule is O=C(C=Cc1ccccc1)Nc1ccc(S(=O)(=O)N2CCCCCC2)cc1. The number of amides is 1. The molecule has 1 aliphatic heterocycles. The first-order chi connectivity index (χ1) is 13.1. The zero-order valence-electron chi connectivity index (χ0n) is 15.2. The topological polar surface area (TPSA) is 66.5 Å². The van der Waals surface area contributed by atoms with Crippen molar-refractivity contribution in [3.8, 4) is 0 Å². The van der Waals surface area contributed by atoms with Gasteiger partial charge in [-0.25, -0.2) is 8.42 Å². The molecule has 0 bridgehead atoms. The molecule has 2 aromatic rings. The van der Waals surface area contributed by atoms with Crippen molar-refractivity contribution < 1.29 is 13.2 Å². The fourth-order valence-electron chi connectivity index (χ4n) is 3.06. The van der Waals surface area contributed by atoms with Crippen molar-refractivity contribution in [1.82, 2.24) is 4.31 Å². The second-order valence-electron chi connectivity index (χ2n) is 6.58. The van der Waals surface area contributed by atoms with Crippen LogP contribution in [0.1, 0.15) is 31.2 Å². The Bertz CT molecular complexity index is 883. The second kappa shape index (κ2) is 8.97. The number of carbonyl (C=O) groups excluding carboxylic acids is 1. The Labute approximate surface area is 160 Å². The summed E-state index contributed by atoms with van der Waals surface area (Å²) in [7, 11) is -3.47. The summed E-state index contributed by atoms with van der Waals surface area (Å²) in [6, 6.07) is 15.9. The highest BCUT2D eigenvalue weighted by Gasteiger charge is 2.24. The van der Waals surface area contributed by atoms with Gasteiger partial charge in [0.25, 0.3) is 0 Å². The zero-order valence-corrected chi connectivity index (χ0v) is 16.0. The Kier molecular flexibility index (Phi) is 6.42. The molecule has 3 rings (SSSR count). The Balaban J connectivity index is 1.64. The number of hydrogen-bond donors (Lipinski definition) is 1. The minimum absolute atomic E-state index is 0.262. The van der Waals surface area contributed by atoms with Crippen LogP contribution in [-0.2, 0) is 14.8 Å². The number of carbonyl (C=O) groups is 1. The summed E-state index contributed by atoms with van der Waals surface area (Å²) in [5.74, 6) is -0.262. The maximum atomic E-state index is 12.8. The Morgan fingerprint density at radius 1 is 0.889 bits per heavy atom. The second-order valence-corrected chi connectivity index (χ2v) is 8.51. The molecule has 1 heterocycles. The largest absolute Gasteiger partial charge is 0.323 e. The van der Waals surface area contributed by atoms with Crippen LogP contribution in [0.2, 0.25) is 0 Å². The van der Waals surface area contributed by atoms with Crippen molar-refractivity contribution in [1.29, 1.82) is 0 Å². The third-order valence-corrected chi connectivity index (χ3v) is 6.46. The van der Waals surface area contributed by atoms with E-state index in [1.54, 1.807) is 34.6 Å². The lowest BCUT2D eigenvalue weighted by atomic mass is 10.2. The van der Waals surface area contributed by atoms with Gasteiger partial charge in [0.1, 0.15) is 0 Å². The van der Waals surface area contributed by atoms with Crippen LogP contribution in [0.4, 0.5) is 5.69 Å². The number of rotatable bonds is 5. The van der Waals surface area contributed by atoms with Gasteiger partial charge in [0.05, 0.1) is 4.90 Å². The van der Waals surface area contributed by atoms with E-state index < -0.39 is 10.0 Å². The van der Waals surface area contributed by atoms with Gasteiger partial charge in [-0.05, 0) is 48.7 Å². The number of hydrogen-bond acceptors (Lipinski definition) is 3. The van der Waals surface area contributed by atoms with Crippen molar-refractivity contribution in [3.63, 3.8) is 0 Å². The van der Waals surface area contributed by atoms with Crippen LogP contribution in [0.3, 0.4) is 0 Å². The fourth-order valence-corrected chi connectivity index (χ4v) is 4.58. The van der Waals surface area contributed by atoms with Crippen LogP contribution < -0.4 is 5.32 Å². The van der Waals surface area contributed by atoms with E-state index in [2.05, 4.69) is 5.32 Å². The van der Waals surface area contributed by atoms with Gasteiger partial charge >= 0.3 is 0 Å². The van der Waals surface area contributed by atoms with Gasteiger partial charge in [-0.3, -0.25) is 4.79 Å². The molecule has 142 valence electrons. The number of benzene rings is 2. The highest BCUT2D eigenvalue weighted by atomic mass is 32.2. The van der Waals surface area contributed by atoms with E-state index in [0.717, 1.165) is 31.2 Å². The molecule has 6 heteroatoms. The Hall–Kier alpha value is -2.44. The average molecular weight is 385 g/mol. The van der Waals surface area contributed by atoms with Crippen molar-refractivity contribution in [2.45, 2.75) is 30.6 Å². The predicted molar refractivity (Wildman–Crippen MR) is 108 cm³/mol. The van der Waals surface area contributed by atoms with Crippen LogP contribution in [0, 0.1) is 0 Å². The summed E-state index contributed by atoms with van der Waals surface area (Å²) in [4.78, 5) is 12.3. The minimum atomic E-state index is -3.47. The van der Waals surface area contributed by atoms with E-state index in [1.807, 2.05) is 30.3 Å². The summed E-state index contributed by atoms with van der Waals surface area (Å²) in [6.07, 6.45) is 7.15. The molecular formula is C21H24N2O3S. The molecule has 0 spiro atoms. The molecule has 1 aliphatic rings. The maximum absolute atomic E-state index is 12.8. The molecule has 1 fully saturated rings. The first kappa shape index (κ1) is 19.3. The van der Waals surface area contributed by atoms with Crippen LogP contribution in [0.25, 0.3) is 6.08 Å². The minimum Gasteiger partial charge on any atom is -0.323 e. The Morgan fingerprint density at radius 2 is 1.52 bits per heavy atom. The fraction of sp³-hybridized carbons (Fsp3) is 0.286. The molecule has 5 nitrogen and oxygen atoms in total. The van der Waals surface area contributed by atoms with Gasteiger partial charge in [-0.2, -0.15) is 4.31 Å². The number of nitrogens with zero attached hydrogens (tertiary/aromatic N) is 1. The quantitative estimate of drug-likeness (QED) is 0.795. The lowest BCUT2D eigenvalue weighted by Gasteiger charge is -2.20. The van der Waals surface area contributed by atoms with Crippen LogP contribution >= 0.6 is 0 Å². The maximum Gasteiger partial charge on any atom is 0.248 e. The van der Waals surface area contributed by atoms with E-state index >= 15 is 0 Å². The molecule has 1 amide bonds. The van der Waals surface area contributed by atoms with Gasteiger partial charge in [-0.15, -0.1) is 0 Å². The number of sulfonamides is 1. The molecule has 0 atom stereocenters. The predicted octanol–water partition coefficient (Wildman–Crippen LogP) is 3.90. The molecule has 27 heavy (non-hydrogen) atoms. The van der Waals surface area contributed by atoms with E-state index in [9.17, 15) is 13.2 Å². The van der Waals surface area contributed by atoms with Gasteiger partial charge < -0.3 is 5.32 Å². The molecule has 0 aliphatic carbocycles. The van der Waals surface area contributed by atoms with Gasteiger partial charge in [-0.1, -0.05) is 43.2 Å². The molecule has 2 aromatic carbocycles. The number of anilines is 1. The van der Waals surface area contributed by atoms with Crippen molar-refractivity contribution in [2.75, 3.05) is 18.4 Å². The van der Waals surface area contributed by atoms with E-state index in [0.29, 0.717) is 18.8 Å². The molecular weight excluding hydrogens is 360 g/mol. The van der Waals surface area contributed by atoms with Crippen LogP contribution in [0.5, 0.6) is 0 Å². The molecule has 1 saturated heterocycles. The summed E-state index contributed by atoms with van der Waals surface area (Å²) < 4.78 is 27.1.